The quantitative estimate of drug-likeness (QED) is 0.770. The van der Waals surface area contributed by atoms with E-state index in [4.69, 9.17) is 5.11 Å². The van der Waals surface area contributed by atoms with Gasteiger partial charge in [-0.3, -0.25) is 9.59 Å². The van der Waals surface area contributed by atoms with Gasteiger partial charge in [0.05, 0.1) is 6.61 Å². The predicted molar refractivity (Wildman–Crippen MR) is 85.6 cm³/mol. The third-order valence-corrected chi connectivity index (χ3v) is 3.37. The van der Waals surface area contributed by atoms with Crippen LogP contribution in [0.2, 0.25) is 0 Å². The SMILES string of the molecule is O=C(CCCC(=O)c1ccc(F)cc1)Nc1cccc(CO)c1. The maximum Gasteiger partial charge on any atom is 0.224 e. The second kappa shape index (κ2) is 8.19. The number of rotatable bonds is 7. The lowest BCUT2D eigenvalue weighted by Crippen LogP contribution is -2.12. The molecule has 0 aliphatic carbocycles. The van der Waals surface area contributed by atoms with Crippen molar-refractivity contribution in [2.75, 3.05) is 5.32 Å². The van der Waals surface area contributed by atoms with Crippen LogP contribution in [0.5, 0.6) is 0 Å². The molecule has 120 valence electrons. The highest BCUT2D eigenvalue weighted by Crippen LogP contribution is 2.12. The monoisotopic (exact) mass is 315 g/mol. The Labute approximate surface area is 134 Å². The molecule has 0 atom stereocenters. The Kier molecular flexibility index (Phi) is 6.00. The van der Waals surface area contributed by atoms with Crippen molar-refractivity contribution in [2.24, 2.45) is 0 Å². The van der Waals surface area contributed by atoms with Crippen LogP contribution in [-0.4, -0.2) is 16.8 Å². The van der Waals surface area contributed by atoms with Crippen LogP contribution in [-0.2, 0) is 11.4 Å². The van der Waals surface area contributed by atoms with Crippen molar-refractivity contribution in [3.8, 4) is 0 Å². The van der Waals surface area contributed by atoms with E-state index in [2.05, 4.69) is 5.32 Å². The molecule has 1 amide bonds. The number of benzene rings is 2. The zero-order valence-electron chi connectivity index (χ0n) is 12.6. The van der Waals surface area contributed by atoms with E-state index in [-0.39, 0.29) is 37.0 Å². The van der Waals surface area contributed by atoms with Crippen LogP contribution < -0.4 is 5.32 Å². The summed E-state index contributed by atoms with van der Waals surface area (Å²) in [7, 11) is 0. The van der Waals surface area contributed by atoms with Crippen LogP contribution in [0.1, 0.15) is 35.2 Å². The van der Waals surface area contributed by atoms with E-state index < -0.39 is 0 Å². The largest absolute Gasteiger partial charge is 0.392 e. The summed E-state index contributed by atoms with van der Waals surface area (Å²) < 4.78 is 12.8. The fourth-order valence-corrected chi connectivity index (χ4v) is 2.16. The number of hydrogen-bond acceptors (Lipinski definition) is 3. The van der Waals surface area contributed by atoms with Crippen LogP contribution in [0, 0.1) is 5.82 Å². The van der Waals surface area contributed by atoms with Gasteiger partial charge in [0.15, 0.2) is 5.78 Å². The summed E-state index contributed by atoms with van der Waals surface area (Å²) in [5.74, 6) is -0.682. The zero-order valence-corrected chi connectivity index (χ0v) is 12.6. The number of anilines is 1. The number of hydrogen-bond donors (Lipinski definition) is 2. The Bertz CT molecular complexity index is 683. The number of Topliss-reactive ketones (excluding diaryl/α,β-unsaturated/α-hetero) is 1. The zero-order chi connectivity index (χ0) is 16.7. The first-order valence-electron chi connectivity index (χ1n) is 7.37. The van der Waals surface area contributed by atoms with E-state index in [1.807, 2.05) is 0 Å². The average Bonchev–Trinajstić information content (AvgIpc) is 2.55. The molecule has 4 nitrogen and oxygen atoms in total. The topological polar surface area (TPSA) is 66.4 Å². The Balaban J connectivity index is 1.78. The van der Waals surface area contributed by atoms with Crippen LogP contribution in [0.25, 0.3) is 0 Å². The number of aliphatic hydroxyl groups is 1. The highest BCUT2D eigenvalue weighted by atomic mass is 19.1. The van der Waals surface area contributed by atoms with Crippen LogP contribution in [0.3, 0.4) is 0 Å². The summed E-state index contributed by atoms with van der Waals surface area (Å²) in [5, 5.41) is 11.8. The molecule has 0 spiro atoms. The smallest absolute Gasteiger partial charge is 0.224 e. The van der Waals surface area contributed by atoms with Gasteiger partial charge in [-0.15, -0.1) is 0 Å². The molecule has 0 bridgehead atoms. The molecular formula is C18H18FNO3. The fourth-order valence-electron chi connectivity index (χ4n) is 2.16. The number of carbonyl (C=O) groups is 2. The maximum atomic E-state index is 12.8. The fraction of sp³-hybridized carbons (Fsp3) is 0.222. The van der Waals surface area contributed by atoms with E-state index in [0.29, 0.717) is 23.2 Å². The molecule has 0 radical (unpaired) electrons. The Morgan fingerprint density at radius 1 is 1.04 bits per heavy atom. The highest BCUT2D eigenvalue weighted by Gasteiger charge is 2.08. The highest BCUT2D eigenvalue weighted by molar-refractivity contribution is 5.96. The Morgan fingerprint density at radius 2 is 1.78 bits per heavy atom. The van der Waals surface area contributed by atoms with Crippen molar-refractivity contribution in [3.05, 3.63) is 65.5 Å². The number of carbonyl (C=O) groups excluding carboxylic acids is 2. The lowest BCUT2D eigenvalue weighted by Gasteiger charge is -2.06. The third-order valence-electron chi connectivity index (χ3n) is 3.37. The van der Waals surface area contributed by atoms with Gasteiger partial charge in [0, 0.05) is 24.1 Å². The first-order valence-corrected chi connectivity index (χ1v) is 7.37. The molecule has 0 aromatic heterocycles. The minimum Gasteiger partial charge on any atom is -0.392 e. The number of halogens is 1. The molecule has 0 aliphatic heterocycles. The number of nitrogens with one attached hydrogen (secondary N) is 1. The predicted octanol–water partition coefficient (Wildman–Crippen LogP) is 3.31. The lowest BCUT2D eigenvalue weighted by atomic mass is 10.1. The Hall–Kier alpha value is -2.53. The average molecular weight is 315 g/mol. The molecule has 2 N–H and O–H groups in total. The van der Waals surface area contributed by atoms with Gasteiger partial charge in [0.2, 0.25) is 5.91 Å². The molecule has 0 saturated heterocycles. The van der Waals surface area contributed by atoms with Gasteiger partial charge in [0.1, 0.15) is 5.82 Å². The van der Waals surface area contributed by atoms with Crippen LogP contribution in [0.15, 0.2) is 48.5 Å². The second-order valence-electron chi connectivity index (χ2n) is 5.19. The van der Waals surface area contributed by atoms with Crippen molar-refractivity contribution < 1.29 is 19.1 Å². The van der Waals surface area contributed by atoms with Gasteiger partial charge >= 0.3 is 0 Å². The van der Waals surface area contributed by atoms with Crippen molar-refractivity contribution in [1.82, 2.24) is 0 Å². The third kappa shape index (κ3) is 5.30. The number of ketones is 1. The first kappa shape index (κ1) is 16.8. The normalized spacial score (nSPS) is 10.3. The van der Waals surface area contributed by atoms with Gasteiger partial charge in [-0.2, -0.15) is 0 Å². The summed E-state index contributed by atoms with van der Waals surface area (Å²) in [5.41, 5.74) is 1.78. The van der Waals surface area contributed by atoms with E-state index in [1.165, 1.54) is 24.3 Å². The van der Waals surface area contributed by atoms with Crippen LogP contribution in [0.4, 0.5) is 10.1 Å². The van der Waals surface area contributed by atoms with Gasteiger partial charge < -0.3 is 10.4 Å². The molecule has 5 heteroatoms. The summed E-state index contributed by atoms with van der Waals surface area (Å²) in [6.07, 6.45) is 0.869. The summed E-state index contributed by atoms with van der Waals surface area (Å²) >= 11 is 0. The molecule has 0 heterocycles. The van der Waals surface area contributed by atoms with Crippen molar-refractivity contribution in [2.45, 2.75) is 25.9 Å². The van der Waals surface area contributed by atoms with E-state index in [1.54, 1.807) is 24.3 Å². The standard InChI is InChI=1S/C18H18FNO3/c19-15-9-7-14(8-10-15)17(22)5-2-6-18(23)20-16-4-1-3-13(11-16)12-21/h1,3-4,7-11,21H,2,5-6,12H2,(H,20,23). The lowest BCUT2D eigenvalue weighted by molar-refractivity contribution is -0.116. The Morgan fingerprint density at radius 3 is 2.48 bits per heavy atom. The van der Waals surface area contributed by atoms with Crippen molar-refractivity contribution in [1.29, 1.82) is 0 Å². The minimum absolute atomic E-state index is 0.0874. The molecule has 0 aliphatic rings. The van der Waals surface area contributed by atoms with Gasteiger partial charge in [-0.1, -0.05) is 12.1 Å². The first-order chi connectivity index (χ1) is 11.1. The second-order valence-corrected chi connectivity index (χ2v) is 5.19. The van der Waals surface area contributed by atoms with E-state index in [0.717, 1.165) is 0 Å². The van der Waals surface area contributed by atoms with Gasteiger partial charge in [-0.05, 0) is 48.4 Å². The summed E-state index contributed by atoms with van der Waals surface area (Å²) in [6.45, 7) is -0.0874. The molecule has 23 heavy (non-hydrogen) atoms. The minimum atomic E-state index is -0.383. The number of aliphatic hydroxyl groups excluding tert-OH is 1. The molecule has 2 aromatic carbocycles. The van der Waals surface area contributed by atoms with Gasteiger partial charge in [0.25, 0.3) is 0 Å². The maximum absolute atomic E-state index is 12.8. The van der Waals surface area contributed by atoms with Crippen LogP contribution >= 0.6 is 0 Å². The molecule has 2 rings (SSSR count). The molecule has 0 fully saturated rings. The van der Waals surface area contributed by atoms with Crippen molar-refractivity contribution in [3.63, 3.8) is 0 Å². The molecule has 0 unspecified atom stereocenters. The van der Waals surface area contributed by atoms with Crippen molar-refractivity contribution >= 4 is 17.4 Å². The summed E-state index contributed by atoms with van der Waals surface area (Å²) in [4.78, 5) is 23.7. The number of amides is 1. The van der Waals surface area contributed by atoms with E-state index in [9.17, 15) is 14.0 Å². The van der Waals surface area contributed by atoms with E-state index >= 15 is 0 Å². The summed E-state index contributed by atoms with van der Waals surface area (Å²) in [6, 6.07) is 12.3. The molecule has 2 aromatic rings. The van der Waals surface area contributed by atoms with Gasteiger partial charge in [-0.25, -0.2) is 4.39 Å². The molecular weight excluding hydrogens is 297 g/mol. The molecule has 0 saturated carbocycles.